The molecule has 0 amide bonds. The van der Waals surface area contributed by atoms with E-state index in [9.17, 15) is 14.7 Å². The van der Waals surface area contributed by atoms with E-state index >= 15 is 0 Å². The highest BCUT2D eigenvalue weighted by Gasteiger charge is 2.29. The summed E-state index contributed by atoms with van der Waals surface area (Å²) in [5, 5.41) is 16.4. The molecule has 0 spiro atoms. The van der Waals surface area contributed by atoms with Crippen LogP contribution in [0, 0.1) is 0 Å². The summed E-state index contributed by atoms with van der Waals surface area (Å²) in [5.74, 6) is 0. The highest BCUT2D eigenvalue weighted by Crippen LogP contribution is 2.28. The lowest BCUT2D eigenvalue weighted by atomic mass is 10.1. The number of H-pyrrole nitrogens is 1. The summed E-state index contributed by atoms with van der Waals surface area (Å²) in [5.41, 5.74) is -0.907. The monoisotopic (exact) mass is 258 g/mol. The van der Waals surface area contributed by atoms with Gasteiger partial charge in [-0.25, -0.2) is 4.79 Å². The number of aliphatic hydroxyl groups is 2. The van der Waals surface area contributed by atoms with Crippen LogP contribution in [0.5, 0.6) is 0 Å². The Kier molecular flexibility index (Phi) is 5.26. The fraction of sp³-hybridized carbons (Fsp3) is 0.636. The van der Waals surface area contributed by atoms with Gasteiger partial charge >= 0.3 is 5.69 Å². The molecule has 1 aliphatic rings. The maximum atomic E-state index is 11.5. The SMILES string of the molecule is CO.C[C@@H](O)C1CC[C@H](n2ccc(=O)[nH]c2=O)O1. The van der Waals surface area contributed by atoms with Gasteiger partial charge < -0.3 is 14.9 Å². The molecule has 3 atom stereocenters. The van der Waals surface area contributed by atoms with E-state index < -0.39 is 23.6 Å². The van der Waals surface area contributed by atoms with Gasteiger partial charge in [0.15, 0.2) is 0 Å². The molecule has 1 aromatic heterocycles. The molecule has 1 saturated heterocycles. The normalized spacial score (nSPS) is 24.2. The minimum Gasteiger partial charge on any atom is -0.400 e. The first-order valence-electron chi connectivity index (χ1n) is 5.67. The average Bonchev–Trinajstić information content (AvgIpc) is 2.81. The van der Waals surface area contributed by atoms with Crippen LogP contribution in [-0.2, 0) is 4.74 Å². The number of hydrogen-bond acceptors (Lipinski definition) is 5. The van der Waals surface area contributed by atoms with Crippen molar-refractivity contribution < 1.29 is 14.9 Å². The van der Waals surface area contributed by atoms with Gasteiger partial charge in [-0.1, -0.05) is 0 Å². The van der Waals surface area contributed by atoms with E-state index in [1.54, 1.807) is 6.92 Å². The molecule has 3 N–H and O–H groups in total. The second-order valence-electron chi connectivity index (χ2n) is 3.96. The Hall–Kier alpha value is -1.44. The minimum atomic E-state index is -0.552. The van der Waals surface area contributed by atoms with Gasteiger partial charge in [0.25, 0.3) is 5.56 Å². The zero-order chi connectivity index (χ0) is 13.7. The Morgan fingerprint density at radius 1 is 1.44 bits per heavy atom. The van der Waals surface area contributed by atoms with Gasteiger partial charge in [-0.2, -0.15) is 0 Å². The molecule has 0 aliphatic carbocycles. The number of hydrogen-bond donors (Lipinski definition) is 3. The Morgan fingerprint density at radius 2 is 2.11 bits per heavy atom. The van der Waals surface area contributed by atoms with E-state index in [0.29, 0.717) is 12.8 Å². The van der Waals surface area contributed by atoms with Gasteiger partial charge in [-0.15, -0.1) is 0 Å². The van der Waals surface area contributed by atoms with Gasteiger partial charge in [-0.3, -0.25) is 14.3 Å². The van der Waals surface area contributed by atoms with Crippen molar-refractivity contribution in [3.05, 3.63) is 33.1 Å². The van der Waals surface area contributed by atoms with Crippen molar-refractivity contribution in [3.8, 4) is 0 Å². The second kappa shape index (κ2) is 6.48. The number of nitrogens with one attached hydrogen (secondary N) is 1. The first-order chi connectivity index (χ1) is 8.58. The van der Waals surface area contributed by atoms with Gasteiger partial charge in [0, 0.05) is 19.4 Å². The summed E-state index contributed by atoms with van der Waals surface area (Å²) in [7, 11) is 1.00. The molecule has 7 heteroatoms. The van der Waals surface area contributed by atoms with Crippen molar-refractivity contribution in [2.75, 3.05) is 7.11 Å². The molecule has 2 heterocycles. The van der Waals surface area contributed by atoms with Crippen molar-refractivity contribution in [2.24, 2.45) is 0 Å². The molecule has 1 aromatic rings. The van der Waals surface area contributed by atoms with Crippen LogP contribution in [0.1, 0.15) is 26.0 Å². The van der Waals surface area contributed by atoms with Crippen LogP contribution in [0.25, 0.3) is 0 Å². The van der Waals surface area contributed by atoms with E-state index in [0.717, 1.165) is 7.11 Å². The first kappa shape index (κ1) is 14.6. The predicted molar refractivity (Wildman–Crippen MR) is 64.3 cm³/mol. The molecular formula is C11H18N2O5. The fourth-order valence-electron chi connectivity index (χ4n) is 1.86. The maximum absolute atomic E-state index is 11.5. The van der Waals surface area contributed by atoms with Crippen LogP contribution in [0.2, 0.25) is 0 Å². The third-order valence-electron chi connectivity index (χ3n) is 2.73. The van der Waals surface area contributed by atoms with Crippen molar-refractivity contribution in [2.45, 2.75) is 38.2 Å². The van der Waals surface area contributed by atoms with Crippen molar-refractivity contribution in [3.63, 3.8) is 0 Å². The van der Waals surface area contributed by atoms with Gasteiger partial charge in [0.05, 0.1) is 12.2 Å². The first-order valence-corrected chi connectivity index (χ1v) is 5.67. The third kappa shape index (κ3) is 3.28. The number of aromatic amines is 1. The van der Waals surface area contributed by atoms with E-state index in [4.69, 9.17) is 9.84 Å². The van der Waals surface area contributed by atoms with Gasteiger partial charge in [0.1, 0.15) is 6.23 Å². The molecule has 0 radical (unpaired) electrons. The number of rotatable bonds is 2. The number of aromatic nitrogens is 2. The summed E-state index contributed by atoms with van der Waals surface area (Å²) in [6.07, 6.45) is 1.57. The van der Waals surface area contributed by atoms with Gasteiger partial charge in [-0.05, 0) is 19.8 Å². The largest absolute Gasteiger partial charge is 0.400 e. The highest BCUT2D eigenvalue weighted by molar-refractivity contribution is 4.86. The maximum Gasteiger partial charge on any atom is 0.330 e. The topological polar surface area (TPSA) is 105 Å². The Labute approximate surface area is 104 Å². The van der Waals surface area contributed by atoms with E-state index in [2.05, 4.69) is 4.98 Å². The molecule has 1 unspecified atom stereocenters. The minimum absolute atomic E-state index is 0.246. The molecule has 0 saturated carbocycles. The van der Waals surface area contributed by atoms with Crippen LogP contribution in [0.15, 0.2) is 21.9 Å². The molecule has 1 aliphatic heterocycles. The zero-order valence-corrected chi connectivity index (χ0v) is 10.4. The third-order valence-corrected chi connectivity index (χ3v) is 2.73. The van der Waals surface area contributed by atoms with Crippen LogP contribution < -0.4 is 11.2 Å². The smallest absolute Gasteiger partial charge is 0.330 e. The Balaban J connectivity index is 0.000000771. The molecule has 1 fully saturated rings. The lowest BCUT2D eigenvalue weighted by Crippen LogP contribution is -2.32. The molecule has 2 rings (SSSR count). The van der Waals surface area contributed by atoms with E-state index in [1.807, 2.05) is 0 Å². The quantitative estimate of drug-likeness (QED) is 0.644. The molecular weight excluding hydrogens is 240 g/mol. The van der Waals surface area contributed by atoms with Crippen LogP contribution >= 0.6 is 0 Å². The Morgan fingerprint density at radius 3 is 2.61 bits per heavy atom. The molecule has 102 valence electrons. The number of ether oxygens (including phenoxy) is 1. The highest BCUT2D eigenvalue weighted by atomic mass is 16.5. The number of nitrogens with zero attached hydrogens (tertiary/aromatic N) is 1. The van der Waals surface area contributed by atoms with E-state index in [1.165, 1.54) is 16.8 Å². The lowest BCUT2D eigenvalue weighted by Gasteiger charge is -2.16. The predicted octanol–water partition coefficient (Wildman–Crippen LogP) is -0.797. The molecule has 0 bridgehead atoms. The summed E-state index contributed by atoms with van der Waals surface area (Å²) in [4.78, 5) is 24.5. The van der Waals surface area contributed by atoms with Crippen molar-refractivity contribution >= 4 is 0 Å². The van der Waals surface area contributed by atoms with Crippen LogP contribution in [0.4, 0.5) is 0 Å². The number of aliphatic hydroxyl groups excluding tert-OH is 2. The van der Waals surface area contributed by atoms with Gasteiger partial charge in [0.2, 0.25) is 0 Å². The van der Waals surface area contributed by atoms with Crippen molar-refractivity contribution in [1.82, 2.24) is 9.55 Å². The second-order valence-corrected chi connectivity index (χ2v) is 3.96. The standard InChI is InChI=1S/C10H14N2O4.CH4O/c1-6(13)7-2-3-9(16-7)12-5-4-8(14)11-10(12)15;1-2/h4-7,9,13H,2-3H2,1H3,(H,11,14,15);2H,1H3/t6-,7?,9-;/m1./s1. The Bertz CT molecular complexity index is 479. The zero-order valence-electron chi connectivity index (χ0n) is 10.4. The lowest BCUT2D eigenvalue weighted by molar-refractivity contribution is -0.0545. The molecule has 0 aromatic carbocycles. The summed E-state index contributed by atoms with van der Waals surface area (Å²) < 4.78 is 6.86. The summed E-state index contributed by atoms with van der Waals surface area (Å²) in [6.45, 7) is 1.66. The van der Waals surface area contributed by atoms with Crippen molar-refractivity contribution in [1.29, 1.82) is 0 Å². The van der Waals surface area contributed by atoms with Crippen LogP contribution in [-0.4, -0.2) is 39.1 Å². The summed E-state index contributed by atoms with van der Waals surface area (Å²) >= 11 is 0. The molecule has 18 heavy (non-hydrogen) atoms. The van der Waals surface area contributed by atoms with E-state index in [-0.39, 0.29) is 6.10 Å². The molecule has 7 nitrogen and oxygen atoms in total. The average molecular weight is 258 g/mol. The van der Waals surface area contributed by atoms with Crippen LogP contribution in [0.3, 0.4) is 0 Å². The summed E-state index contributed by atoms with van der Waals surface area (Å²) in [6, 6.07) is 1.28. The fourth-order valence-corrected chi connectivity index (χ4v) is 1.86.